The van der Waals surface area contributed by atoms with Crippen LogP contribution in [0.1, 0.15) is 35.6 Å². The minimum Gasteiger partial charge on any atom is -0.478 e. The average molecular weight is 260 g/mol. The number of hydrogen-bond acceptors (Lipinski definition) is 4. The molecule has 3 N–H and O–H groups in total. The van der Waals surface area contributed by atoms with E-state index in [1.54, 1.807) is 4.68 Å². The van der Waals surface area contributed by atoms with Crippen molar-refractivity contribution in [2.45, 2.75) is 26.7 Å². The molecule has 0 unspecified atom stereocenters. The van der Waals surface area contributed by atoms with Crippen LogP contribution in [0.4, 0.5) is 5.69 Å². The first-order valence-corrected chi connectivity index (χ1v) is 6.14. The van der Waals surface area contributed by atoms with Crippen LogP contribution in [-0.4, -0.2) is 25.8 Å². The van der Waals surface area contributed by atoms with Gasteiger partial charge >= 0.3 is 5.97 Å². The molecule has 19 heavy (non-hydrogen) atoms. The minimum atomic E-state index is -1.07. The molecule has 2 rings (SSSR count). The predicted molar refractivity (Wildman–Crippen MR) is 71.5 cm³/mol. The van der Waals surface area contributed by atoms with Crippen molar-refractivity contribution in [3.63, 3.8) is 0 Å². The third kappa shape index (κ3) is 2.29. The molecule has 0 amide bonds. The Morgan fingerprint density at radius 1 is 1.42 bits per heavy atom. The number of aromatic carboxylic acids is 1. The van der Waals surface area contributed by atoms with Crippen molar-refractivity contribution in [2.24, 2.45) is 0 Å². The van der Waals surface area contributed by atoms with E-state index in [4.69, 9.17) is 10.8 Å². The Morgan fingerprint density at radius 3 is 2.74 bits per heavy atom. The van der Waals surface area contributed by atoms with Gasteiger partial charge in [-0.25, -0.2) is 14.5 Å². The highest BCUT2D eigenvalue weighted by Crippen LogP contribution is 2.21. The van der Waals surface area contributed by atoms with E-state index in [9.17, 15) is 4.79 Å². The summed E-state index contributed by atoms with van der Waals surface area (Å²) in [6.07, 6.45) is 3.01. The van der Waals surface area contributed by atoms with E-state index in [1.807, 2.05) is 19.9 Å². The van der Waals surface area contributed by atoms with Crippen molar-refractivity contribution in [3.05, 3.63) is 35.3 Å². The summed E-state index contributed by atoms with van der Waals surface area (Å²) in [7, 11) is 0. The van der Waals surface area contributed by atoms with Gasteiger partial charge in [-0.15, -0.1) is 0 Å². The molecule has 0 spiro atoms. The van der Waals surface area contributed by atoms with Crippen molar-refractivity contribution in [2.75, 3.05) is 5.73 Å². The Hall–Kier alpha value is -2.37. The summed E-state index contributed by atoms with van der Waals surface area (Å²) in [5, 5.41) is 13.5. The van der Waals surface area contributed by atoms with Gasteiger partial charge in [0.1, 0.15) is 0 Å². The van der Waals surface area contributed by atoms with Gasteiger partial charge in [0.2, 0.25) is 0 Å². The van der Waals surface area contributed by atoms with Gasteiger partial charge < -0.3 is 10.8 Å². The smallest absolute Gasteiger partial charge is 0.337 e. The summed E-state index contributed by atoms with van der Waals surface area (Å²) >= 11 is 0. The zero-order valence-electron chi connectivity index (χ0n) is 10.9. The highest BCUT2D eigenvalue weighted by Gasteiger charge is 2.16. The molecule has 0 aliphatic heterocycles. The van der Waals surface area contributed by atoms with Gasteiger partial charge in [0.15, 0.2) is 5.82 Å². The summed E-state index contributed by atoms with van der Waals surface area (Å²) in [5.41, 5.74) is 7.95. The molecule has 0 radical (unpaired) electrons. The fourth-order valence-corrected chi connectivity index (χ4v) is 1.90. The normalized spacial score (nSPS) is 10.6. The second kappa shape index (κ2) is 5.09. The van der Waals surface area contributed by atoms with Gasteiger partial charge in [0, 0.05) is 11.9 Å². The number of nitrogens with zero attached hydrogens (tertiary/aromatic N) is 3. The summed E-state index contributed by atoms with van der Waals surface area (Å²) < 4.78 is 1.63. The Labute approximate surface area is 110 Å². The fourth-order valence-electron chi connectivity index (χ4n) is 1.90. The molecule has 0 saturated heterocycles. The highest BCUT2D eigenvalue weighted by atomic mass is 16.4. The molecule has 0 saturated carbocycles. The Balaban J connectivity index is 2.61. The van der Waals surface area contributed by atoms with Crippen LogP contribution in [0, 0.1) is 0 Å². The lowest BCUT2D eigenvalue weighted by Gasteiger charge is -2.09. The molecule has 2 aromatic rings. The van der Waals surface area contributed by atoms with E-state index in [0.29, 0.717) is 5.82 Å². The van der Waals surface area contributed by atoms with Gasteiger partial charge in [-0.1, -0.05) is 13.8 Å². The number of aromatic nitrogens is 3. The van der Waals surface area contributed by atoms with Crippen LogP contribution < -0.4 is 5.73 Å². The number of carboxylic acids is 1. The molecule has 6 nitrogen and oxygen atoms in total. The zero-order chi connectivity index (χ0) is 14.0. The number of aryl methyl sites for hydroxylation is 2. The molecule has 0 atom stereocenters. The molecule has 0 aromatic carbocycles. The first-order valence-electron chi connectivity index (χ1n) is 6.14. The first kappa shape index (κ1) is 13.1. The molecule has 0 bridgehead atoms. The summed E-state index contributed by atoms with van der Waals surface area (Å²) in [4.78, 5) is 15.2. The van der Waals surface area contributed by atoms with Crippen LogP contribution in [0.25, 0.3) is 5.82 Å². The largest absolute Gasteiger partial charge is 0.478 e. The highest BCUT2D eigenvalue weighted by molar-refractivity contribution is 5.95. The summed E-state index contributed by atoms with van der Waals surface area (Å²) in [5.74, 6) is -0.696. The molecule has 0 aliphatic carbocycles. The number of rotatable bonds is 4. The second-order valence-corrected chi connectivity index (χ2v) is 4.15. The topological polar surface area (TPSA) is 94.0 Å². The molecule has 100 valence electrons. The molecule has 0 fully saturated rings. The van der Waals surface area contributed by atoms with E-state index in [-0.39, 0.29) is 11.3 Å². The van der Waals surface area contributed by atoms with Crippen LogP contribution in [0.5, 0.6) is 0 Å². The number of carboxylic acid groups (broad SMARTS) is 1. The molecule has 2 heterocycles. The van der Waals surface area contributed by atoms with Gasteiger partial charge in [-0.3, -0.25) is 0 Å². The lowest BCUT2D eigenvalue weighted by atomic mass is 10.2. The van der Waals surface area contributed by atoms with Gasteiger partial charge in [-0.05, 0) is 25.0 Å². The van der Waals surface area contributed by atoms with Gasteiger partial charge in [0.05, 0.1) is 16.9 Å². The van der Waals surface area contributed by atoms with Crippen molar-refractivity contribution in [1.29, 1.82) is 0 Å². The molecule has 0 aliphatic rings. The number of nitrogen functional groups attached to an aromatic ring is 1. The maximum absolute atomic E-state index is 11.1. The van der Waals surface area contributed by atoms with Crippen LogP contribution in [0.2, 0.25) is 0 Å². The van der Waals surface area contributed by atoms with E-state index < -0.39 is 5.97 Å². The second-order valence-electron chi connectivity index (χ2n) is 4.15. The van der Waals surface area contributed by atoms with E-state index in [2.05, 4.69) is 10.1 Å². The van der Waals surface area contributed by atoms with Crippen molar-refractivity contribution >= 4 is 11.7 Å². The van der Waals surface area contributed by atoms with Crippen LogP contribution in [0.3, 0.4) is 0 Å². The van der Waals surface area contributed by atoms with Crippen molar-refractivity contribution in [1.82, 2.24) is 14.8 Å². The standard InChI is InChI=1S/C13H16N4O2/c1-3-8-7-9(4-2)17(16-8)12-11(14)10(13(18)19)5-6-15-12/h5-7H,3-4,14H2,1-2H3,(H,18,19). The molecule has 2 aromatic heterocycles. The lowest BCUT2D eigenvalue weighted by Crippen LogP contribution is -2.11. The Bertz CT molecular complexity index is 619. The van der Waals surface area contributed by atoms with E-state index in [1.165, 1.54) is 12.3 Å². The van der Waals surface area contributed by atoms with Crippen LogP contribution >= 0.6 is 0 Å². The fraction of sp³-hybridized carbons (Fsp3) is 0.308. The molecule has 6 heteroatoms. The van der Waals surface area contributed by atoms with Gasteiger partial charge in [0.25, 0.3) is 0 Å². The number of carbonyl (C=O) groups is 1. The lowest BCUT2D eigenvalue weighted by molar-refractivity contribution is 0.0698. The van der Waals surface area contributed by atoms with Crippen molar-refractivity contribution in [3.8, 4) is 5.82 Å². The monoisotopic (exact) mass is 260 g/mol. The van der Waals surface area contributed by atoms with Crippen LogP contribution in [-0.2, 0) is 12.8 Å². The summed E-state index contributed by atoms with van der Waals surface area (Å²) in [6.45, 7) is 4.01. The quantitative estimate of drug-likeness (QED) is 0.872. The van der Waals surface area contributed by atoms with Gasteiger partial charge in [-0.2, -0.15) is 5.10 Å². The number of anilines is 1. The Morgan fingerprint density at radius 2 is 2.16 bits per heavy atom. The van der Waals surface area contributed by atoms with Crippen molar-refractivity contribution < 1.29 is 9.90 Å². The average Bonchev–Trinajstić information content (AvgIpc) is 2.81. The third-order valence-electron chi connectivity index (χ3n) is 2.96. The molecular formula is C13H16N4O2. The minimum absolute atomic E-state index is 0.0422. The first-order chi connectivity index (χ1) is 9.08. The number of nitrogens with two attached hydrogens (primary N) is 1. The predicted octanol–water partition coefficient (Wildman–Crippen LogP) is 1.67. The van der Waals surface area contributed by atoms with E-state index >= 15 is 0 Å². The number of hydrogen-bond donors (Lipinski definition) is 2. The SMILES string of the molecule is CCc1cc(CC)n(-c2nccc(C(=O)O)c2N)n1. The maximum atomic E-state index is 11.1. The maximum Gasteiger partial charge on any atom is 0.337 e. The third-order valence-corrected chi connectivity index (χ3v) is 2.96. The van der Waals surface area contributed by atoms with E-state index in [0.717, 1.165) is 24.2 Å². The zero-order valence-corrected chi connectivity index (χ0v) is 10.9. The summed E-state index contributed by atoms with van der Waals surface area (Å²) in [6, 6.07) is 3.37. The molecular weight excluding hydrogens is 244 g/mol. The number of pyridine rings is 1. The van der Waals surface area contributed by atoms with Crippen LogP contribution in [0.15, 0.2) is 18.3 Å². The Kier molecular flexibility index (Phi) is 3.50.